The Labute approximate surface area is 147 Å². The van der Waals surface area contributed by atoms with Crippen LogP contribution in [0.5, 0.6) is 0 Å². The molecule has 2 aromatic rings. The molecule has 0 aliphatic heterocycles. The molecule has 0 spiro atoms. The van der Waals surface area contributed by atoms with Gasteiger partial charge in [0.1, 0.15) is 10.6 Å². The lowest BCUT2D eigenvalue weighted by Gasteiger charge is -2.15. The zero-order chi connectivity index (χ0) is 19.7. The molecule has 1 aromatic carbocycles. The molecule has 0 fully saturated rings. The number of nitrogens with one attached hydrogen (secondary N) is 2. The van der Waals surface area contributed by atoms with Crippen molar-refractivity contribution in [1.82, 2.24) is 9.88 Å². The summed E-state index contributed by atoms with van der Waals surface area (Å²) in [6.45, 7) is 4.10. The molecule has 0 saturated carbocycles. The van der Waals surface area contributed by atoms with Crippen LogP contribution in [0, 0.1) is 13.8 Å². The molecule has 0 bridgehead atoms. The molecule has 26 heavy (non-hydrogen) atoms. The van der Waals surface area contributed by atoms with Gasteiger partial charge in [0.05, 0.1) is 11.6 Å². The number of carbonyl (C=O) groups excluding carboxylic acids is 1. The monoisotopic (exact) mass is 391 g/mol. The normalized spacial score (nSPS) is 13.5. The van der Waals surface area contributed by atoms with Crippen molar-refractivity contribution in [3.05, 3.63) is 41.3 Å². The van der Waals surface area contributed by atoms with Crippen LogP contribution in [0.2, 0.25) is 0 Å². The molecule has 2 N–H and O–H groups in total. The van der Waals surface area contributed by atoms with Gasteiger partial charge in [-0.15, -0.1) is 0 Å². The molecule has 0 unspecified atom stereocenters. The first-order valence-corrected chi connectivity index (χ1v) is 8.83. The first-order valence-electron chi connectivity index (χ1n) is 7.35. The maximum Gasteiger partial charge on any atom is 0.416 e. The number of sulfonamides is 1. The fraction of sp³-hybridized carbons (Fsp3) is 0.333. The van der Waals surface area contributed by atoms with Gasteiger partial charge in [0.2, 0.25) is 15.9 Å². The van der Waals surface area contributed by atoms with E-state index in [0.717, 1.165) is 18.2 Å². The lowest BCUT2D eigenvalue weighted by molar-refractivity contribution is -0.137. The molecular formula is C15H16F3N3O4S. The number of anilines is 1. The van der Waals surface area contributed by atoms with Crippen molar-refractivity contribution in [1.29, 1.82) is 0 Å². The molecule has 0 radical (unpaired) electrons. The van der Waals surface area contributed by atoms with Gasteiger partial charge in [-0.25, -0.2) is 8.42 Å². The van der Waals surface area contributed by atoms with E-state index in [-0.39, 0.29) is 22.0 Å². The summed E-state index contributed by atoms with van der Waals surface area (Å²) >= 11 is 0. The van der Waals surface area contributed by atoms with E-state index >= 15 is 0 Å². The lowest BCUT2D eigenvalue weighted by atomic mass is 10.2. The highest BCUT2D eigenvalue weighted by Crippen LogP contribution is 2.30. The highest BCUT2D eigenvalue weighted by atomic mass is 32.2. The second kappa shape index (κ2) is 7.08. The van der Waals surface area contributed by atoms with Gasteiger partial charge in [-0.1, -0.05) is 11.2 Å². The van der Waals surface area contributed by atoms with E-state index in [9.17, 15) is 26.4 Å². The maximum absolute atomic E-state index is 12.7. The highest BCUT2D eigenvalue weighted by Gasteiger charge is 2.31. The molecule has 1 heterocycles. The third-order valence-electron chi connectivity index (χ3n) is 3.42. The zero-order valence-corrected chi connectivity index (χ0v) is 14.8. The number of aryl methyl sites for hydroxylation is 2. The van der Waals surface area contributed by atoms with Gasteiger partial charge in [0.15, 0.2) is 5.76 Å². The molecule has 0 saturated heterocycles. The minimum Gasteiger partial charge on any atom is -0.360 e. The second-order valence-electron chi connectivity index (χ2n) is 5.56. The molecule has 1 aromatic heterocycles. The predicted molar refractivity (Wildman–Crippen MR) is 85.8 cm³/mol. The maximum atomic E-state index is 12.7. The summed E-state index contributed by atoms with van der Waals surface area (Å²) in [6.07, 6.45) is -4.56. The summed E-state index contributed by atoms with van der Waals surface area (Å²) in [7, 11) is -4.09. The Kier molecular flexibility index (Phi) is 5.42. The number of hydrogen-bond acceptors (Lipinski definition) is 5. The SMILES string of the molecule is Cc1noc(C)c1S(=O)(=O)N[C@@H](C)C(=O)Nc1cccc(C(F)(F)F)c1. The highest BCUT2D eigenvalue weighted by molar-refractivity contribution is 7.89. The second-order valence-corrected chi connectivity index (χ2v) is 7.21. The molecule has 0 aliphatic rings. The number of carbonyl (C=O) groups is 1. The van der Waals surface area contributed by atoms with E-state index in [1.807, 2.05) is 0 Å². The van der Waals surface area contributed by atoms with Crippen LogP contribution in [0.3, 0.4) is 0 Å². The van der Waals surface area contributed by atoms with Crippen molar-refractivity contribution in [3.63, 3.8) is 0 Å². The average Bonchev–Trinajstić information content (AvgIpc) is 2.86. The van der Waals surface area contributed by atoms with Crippen LogP contribution >= 0.6 is 0 Å². The van der Waals surface area contributed by atoms with Gasteiger partial charge in [-0.3, -0.25) is 4.79 Å². The Morgan fingerprint density at radius 1 is 1.27 bits per heavy atom. The third kappa shape index (κ3) is 4.41. The largest absolute Gasteiger partial charge is 0.416 e. The summed E-state index contributed by atoms with van der Waals surface area (Å²) in [5, 5.41) is 5.78. The topological polar surface area (TPSA) is 101 Å². The van der Waals surface area contributed by atoms with Crippen LogP contribution < -0.4 is 10.0 Å². The Bertz CT molecular complexity index is 903. The Morgan fingerprint density at radius 3 is 2.46 bits per heavy atom. The van der Waals surface area contributed by atoms with Gasteiger partial charge in [-0.05, 0) is 39.0 Å². The minimum atomic E-state index is -4.56. The van der Waals surface area contributed by atoms with E-state index in [4.69, 9.17) is 4.52 Å². The van der Waals surface area contributed by atoms with Crippen molar-refractivity contribution in [3.8, 4) is 0 Å². The fourth-order valence-corrected chi connectivity index (χ4v) is 3.76. The number of amides is 1. The Balaban J connectivity index is 2.13. The first kappa shape index (κ1) is 19.9. The Hall–Kier alpha value is -2.40. The van der Waals surface area contributed by atoms with E-state index in [2.05, 4.69) is 15.2 Å². The van der Waals surface area contributed by atoms with Crippen LogP contribution in [-0.2, 0) is 21.0 Å². The molecule has 2 rings (SSSR count). The first-order chi connectivity index (χ1) is 11.9. The molecule has 1 amide bonds. The van der Waals surface area contributed by atoms with Crippen molar-refractivity contribution in [2.75, 3.05) is 5.32 Å². The van der Waals surface area contributed by atoms with Crippen LogP contribution in [-0.4, -0.2) is 25.5 Å². The Morgan fingerprint density at radius 2 is 1.92 bits per heavy atom. The van der Waals surface area contributed by atoms with Gasteiger partial charge in [-0.2, -0.15) is 17.9 Å². The third-order valence-corrected chi connectivity index (χ3v) is 5.20. The average molecular weight is 391 g/mol. The van der Waals surface area contributed by atoms with Gasteiger partial charge in [0.25, 0.3) is 0 Å². The van der Waals surface area contributed by atoms with Crippen LogP contribution in [0.15, 0.2) is 33.7 Å². The standard InChI is InChI=1S/C15H16F3N3O4S/c1-8-13(10(3)25-20-8)26(23,24)21-9(2)14(22)19-12-6-4-5-11(7-12)15(16,17)18/h4-7,9,21H,1-3H3,(H,19,22)/t9-/m0/s1. The quantitative estimate of drug-likeness (QED) is 0.816. The van der Waals surface area contributed by atoms with E-state index in [1.54, 1.807) is 0 Å². The van der Waals surface area contributed by atoms with Crippen LogP contribution in [0.4, 0.5) is 18.9 Å². The van der Waals surface area contributed by atoms with Gasteiger partial charge in [0, 0.05) is 5.69 Å². The summed E-state index contributed by atoms with van der Waals surface area (Å²) < 4.78 is 69.7. The number of rotatable bonds is 5. The molecule has 0 aliphatic carbocycles. The summed E-state index contributed by atoms with van der Waals surface area (Å²) in [6, 6.07) is 2.77. The number of nitrogens with zero attached hydrogens (tertiary/aromatic N) is 1. The van der Waals surface area contributed by atoms with Crippen LogP contribution in [0.25, 0.3) is 0 Å². The van der Waals surface area contributed by atoms with Crippen molar-refractivity contribution in [2.45, 2.75) is 37.9 Å². The smallest absolute Gasteiger partial charge is 0.360 e. The fourth-order valence-electron chi connectivity index (χ4n) is 2.23. The minimum absolute atomic E-state index is 0.0560. The summed E-state index contributed by atoms with van der Waals surface area (Å²) in [5.41, 5.74) is -0.909. The van der Waals surface area contributed by atoms with Crippen molar-refractivity contribution >= 4 is 21.6 Å². The zero-order valence-electron chi connectivity index (χ0n) is 14.0. The van der Waals surface area contributed by atoms with Crippen molar-refractivity contribution in [2.24, 2.45) is 0 Å². The number of aromatic nitrogens is 1. The molecule has 7 nitrogen and oxygen atoms in total. The summed E-state index contributed by atoms with van der Waals surface area (Å²) in [5.74, 6) is -0.764. The van der Waals surface area contributed by atoms with E-state index in [1.165, 1.54) is 26.8 Å². The molecule has 11 heteroatoms. The predicted octanol–water partition coefficient (Wildman–Crippen LogP) is 2.62. The molecule has 142 valence electrons. The number of hydrogen-bond donors (Lipinski definition) is 2. The number of halogens is 3. The number of benzene rings is 1. The van der Waals surface area contributed by atoms with E-state index < -0.39 is 33.7 Å². The number of alkyl halides is 3. The van der Waals surface area contributed by atoms with Crippen molar-refractivity contribution < 1.29 is 30.9 Å². The molecular weight excluding hydrogens is 375 g/mol. The van der Waals surface area contributed by atoms with E-state index in [0.29, 0.717) is 0 Å². The lowest BCUT2D eigenvalue weighted by Crippen LogP contribution is -2.41. The molecule has 1 atom stereocenters. The van der Waals surface area contributed by atoms with Gasteiger partial charge < -0.3 is 9.84 Å². The van der Waals surface area contributed by atoms with Gasteiger partial charge >= 0.3 is 6.18 Å². The van der Waals surface area contributed by atoms with Crippen LogP contribution in [0.1, 0.15) is 23.9 Å². The summed E-state index contributed by atoms with van der Waals surface area (Å²) in [4.78, 5) is 11.9.